The van der Waals surface area contributed by atoms with Crippen molar-refractivity contribution in [1.29, 1.82) is 0 Å². The van der Waals surface area contributed by atoms with Crippen molar-refractivity contribution in [1.82, 2.24) is 14.7 Å². The third-order valence-corrected chi connectivity index (χ3v) is 5.25. The normalized spacial score (nSPS) is 23.5. The second-order valence-electron chi connectivity index (χ2n) is 5.07. The summed E-state index contributed by atoms with van der Waals surface area (Å²) in [5, 5.41) is 0. The van der Waals surface area contributed by atoms with Crippen molar-refractivity contribution >= 4 is 16.0 Å². The van der Waals surface area contributed by atoms with E-state index in [1.807, 2.05) is 0 Å². The van der Waals surface area contributed by atoms with Crippen LogP contribution in [0.1, 0.15) is 39.0 Å². The van der Waals surface area contributed by atoms with E-state index in [4.69, 9.17) is 5.84 Å². The molecule has 0 radical (unpaired) electrons. The van der Waals surface area contributed by atoms with Crippen LogP contribution in [0.3, 0.4) is 0 Å². The van der Waals surface area contributed by atoms with E-state index < -0.39 is 10.0 Å². The second-order valence-corrected chi connectivity index (χ2v) is 6.78. The van der Waals surface area contributed by atoms with Gasteiger partial charge >= 0.3 is 0 Å². The van der Waals surface area contributed by atoms with Crippen LogP contribution in [0.4, 0.5) is 5.95 Å². The lowest BCUT2D eigenvalue weighted by atomic mass is 9.83. The molecule has 0 aromatic carbocycles. The van der Waals surface area contributed by atoms with E-state index in [0.29, 0.717) is 5.92 Å². The maximum Gasteiger partial charge on any atom is 0.243 e. The smallest absolute Gasteiger partial charge is 0.243 e. The van der Waals surface area contributed by atoms with E-state index in [1.165, 1.54) is 18.8 Å². The van der Waals surface area contributed by atoms with Crippen molar-refractivity contribution in [3.63, 3.8) is 0 Å². The number of hydrogen-bond acceptors (Lipinski definition) is 6. The van der Waals surface area contributed by atoms with Crippen molar-refractivity contribution in [2.45, 2.75) is 50.0 Å². The number of hydrogen-bond donors (Lipinski definition) is 3. The van der Waals surface area contributed by atoms with Gasteiger partial charge in [-0.1, -0.05) is 26.2 Å². The van der Waals surface area contributed by atoms with Crippen LogP contribution in [0, 0.1) is 5.92 Å². The predicted octanol–water partition coefficient (Wildman–Crippen LogP) is 1.01. The molecule has 2 unspecified atom stereocenters. The van der Waals surface area contributed by atoms with Crippen LogP contribution in [-0.4, -0.2) is 24.4 Å². The summed E-state index contributed by atoms with van der Waals surface area (Å²) < 4.78 is 27.4. The zero-order valence-electron chi connectivity index (χ0n) is 11.5. The molecule has 1 aliphatic carbocycles. The van der Waals surface area contributed by atoms with Crippen LogP contribution in [0.25, 0.3) is 0 Å². The Bertz CT molecular complexity index is 531. The Kier molecular flexibility index (Phi) is 4.90. The summed E-state index contributed by atoms with van der Waals surface area (Å²) in [5.74, 6) is 5.75. The van der Waals surface area contributed by atoms with E-state index in [-0.39, 0.29) is 16.9 Å². The van der Waals surface area contributed by atoms with E-state index >= 15 is 0 Å². The maximum atomic E-state index is 12.3. The third kappa shape index (κ3) is 3.44. The van der Waals surface area contributed by atoms with Crippen molar-refractivity contribution < 1.29 is 8.42 Å². The molecule has 1 fully saturated rings. The number of nitrogen functional groups attached to an aromatic ring is 1. The number of hydrazine groups is 1. The van der Waals surface area contributed by atoms with Crippen LogP contribution in [0.15, 0.2) is 17.3 Å². The van der Waals surface area contributed by atoms with Gasteiger partial charge in [-0.2, -0.15) is 0 Å². The van der Waals surface area contributed by atoms with Gasteiger partial charge in [0.1, 0.15) is 4.90 Å². The first-order valence-corrected chi connectivity index (χ1v) is 8.36. The predicted molar refractivity (Wildman–Crippen MR) is 76.2 cm³/mol. The van der Waals surface area contributed by atoms with Gasteiger partial charge in [-0.25, -0.2) is 29.0 Å². The molecule has 2 rings (SSSR count). The Balaban J connectivity index is 2.12. The zero-order valence-corrected chi connectivity index (χ0v) is 12.4. The number of nitrogens with one attached hydrogen (secondary N) is 2. The third-order valence-electron chi connectivity index (χ3n) is 3.81. The summed E-state index contributed by atoms with van der Waals surface area (Å²) in [6.45, 7) is 2.10. The molecular weight excluding hydrogens is 278 g/mol. The molecule has 112 valence electrons. The minimum absolute atomic E-state index is 0.00561. The maximum absolute atomic E-state index is 12.3. The van der Waals surface area contributed by atoms with Gasteiger partial charge in [-0.3, -0.25) is 5.43 Å². The summed E-state index contributed by atoms with van der Waals surface area (Å²) in [4.78, 5) is 7.73. The number of anilines is 1. The number of aromatic nitrogens is 2. The topological polar surface area (TPSA) is 110 Å². The fourth-order valence-corrected chi connectivity index (χ4v) is 3.88. The Hall–Kier alpha value is -1.25. The van der Waals surface area contributed by atoms with Crippen LogP contribution >= 0.6 is 0 Å². The fourth-order valence-electron chi connectivity index (χ4n) is 2.65. The van der Waals surface area contributed by atoms with Crippen LogP contribution < -0.4 is 16.0 Å². The molecular formula is C12H21N5O2S. The molecule has 1 saturated carbocycles. The van der Waals surface area contributed by atoms with Crippen LogP contribution in [0.5, 0.6) is 0 Å². The molecule has 4 N–H and O–H groups in total. The minimum Gasteiger partial charge on any atom is -0.292 e. The fraction of sp³-hybridized carbons (Fsp3) is 0.667. The summed E-state index contributed by atoms with van der Waals surface area (Å²) >= 11 is 0. The van der Waals surface area contributed by atoms with Gasteiger partial charge in [-0.15, -0.1) is 0 Å². The molecule has 0 saturated heterocycles. The zero-order chi connectivity index (χ0) is 14.6. The monoisotopic (exact) mass is 299 g/mol. The van der Waals surface area contributed by atoms with Crippen LogP contribution in [-0.2, 0) is 10.0 Å². The first kappa shape index (κ1) is 15.1. The van der Waals surface area contributed by atoms with Gasteiger partial charge in [-0.05, 0) is 18.8 Å². The minimum atomic E-state index is -3.57. The van der Waals surface area contributed by atoms with Crippen molar-refractivity contribution in [2.75, 3.05) is 5.43 Å². The number of sulfonamides is 1. The Morgan fingerprint density at radius 2 is 1.95 bits per heavy atom. The lowest BCUT2D eigenvalue weighted by Gasteiger charge is -2.31. The molecule has 8 heteroatoms. The first-order valence-electron chi connectivity index (χ1n) is 6.88. The molecule has 20 heavy (non-hydrogen) atoms. The first-order chi connectivity index (χ1) is 9.56. The van der Waals surface area contributed by atoms with E-state index in [9.17, 15) is 8.42 Å². The lowest BCUT2D eigenvalue weighted by molar-refractivity contribution is 0.282. The highest BCUT2D eigenvalue weighted by molar-refractivity contribution is 7.89. The molecule has 0 spiro atoms. The van der Waals surface area contributed by atoms with Crippen molar-refractivity contribution in [3.05, 3.63) is 12.4 Å². The average Bonchev–Trinajstić information content (AvgIpc) is 2.47. The van der Waals surface area contributed by atoms with Gasteiger partial charge in [0.15, 0.2) is 0 Å². The molecule has 7 nitrogen and oxygen atoms in total. The van der Waals surface area contributed by atoms with Crippen molar-refractivity contribution in [3.8, 4) is 0 Å². The largest absolute Gasteiger partial charge is 0.292 e. The molecule has 1 aromatic heterocycles. The van der Waals surface area contributed by atoms with Gasteiger partial charge in [0, 0.05) is 6.04 Å². The van der Waals surface area contributed by atoms with Crippen molar-refractivity contribution in [2.24, 2.45) is 11.8 Å². The van der Waals surface area contributed by atoms with Crippen LogP contribution in [0.2, 0.25) is 0 Å². The standard InChI is InChI=1S/C12H21N5O2S/c1-2-9-5-3-4-6-11(9)17-20(18,19)10-7-14-12(16-13)15-8-10/h7-9,11,17H,2-6,13H2,1H3,(H,14,15,16). The van der Waals surface area contributed by atoms with E-state index in [1.54, 1.807) is 0 Å². The molecule has 2 atom stereocenters. The highest BCUT2D eigenvalue weighted by atomic mass is 32.2. The Morgan fingerprint density at radius 3 is 2.55 bits per heavy atom. The Labute approximate surface area is 119 Å². The number of rotatable bonds is 5. The van der Waals surface area contributed by atoms with Gasteiger partial charge < -0.3 is 0 Å². The van der Waals surface area contributed by atoms with Gasteiger partial charge in [0.25, 0.3) is 0 Å². The lowest BCUT2D eigenvalue weighted by Crippen LogP contribution is -2.41. The average molecular weight is 299 g/mol. The number of nitrogens with two attached hydrogens (primary N) is 1. The quantitative estimate of drug-likeness (QED) is 0.553. The molecule has 0 amide bonds. The van der Waals surface area contributed by atoms with Gasteiger partial charge in [0.2, 0.25) is 16.0 Å². The SMILES string of the molecule is CCC1CCCCC1NS(=O)(=O)c1cnc(NN)nc1. The van der Waals surface area contributed by atoms with Gasteiger partial charge in [0.05, 0.1) is 12.4 Å². The summed E-state index contributed by atoms with van der Waals surface area (Å²) in [5.41, 5.74) is 2.27. The molecule has 1 aliphatic rings. The number of nitrogens with zero attached hydrogens (tertiary/aromatic N) is 2. The Morgan fingerprint density at radius 1 is 1.30 bits per heavy atom. The highest BCUT2D eigenvalue weighted by Gasteiger charge is 2.28. The summed E-state index contributed by atoms with van der Waals surface area (Å²) in [6, 6.07) is 0.00561. The molecule has 0 aliphatic heterocycles. The van der Waals surface area contributed by atoms with E-state index in [2.05, 4.69) is 27.0 Å². The molecule has 1 heterocycles. The summed E-state index contributed by atoms with van der Waals surface area (Å²) in [7, 11) is -3.57. The molecule has 1 aromatic rings. The van der Waals surface area contributed by atoms with E-state index in [0.717, 1.165) is 25.7 Å². The molecule has 0 bridgehead atoms. The highest BCUT2D eigenvalue weighted by Crippen LogP contribution is 2.27. The summed E-state index contributed by atoms with van der Waals surface area (Å²) in [6.07, 6.45) is 7.71. The second kappa shape index (κ2) is 6.47.